The minimum Gasteiger partial charge on any atom is -0.367 e. The van der Waals surface area contributed by atoms with Crippen molar-refractivity contribution < 1.29 is 4.79 Å². The van der Waals surface area contributed by atoms with Crippen molar-refractivity contribution in [3.05, 3.63) is 18.0 Å². The van der Waals surface area contributed by atoms with Gasteiger partial charge in [0.2, 0.25) is 11.9 Å². The molecule has 0 spiro atoms. The first-order valence-corrected chi connectivity index (χ1v) is 8.04. The molecule has 1 amide bonds. The van der Waals surface area contributed by atoms with Crippen molar-refractivity contribution in [3.63, 3.8) is 0 Å². The average Bonchev–Trinajstić information content (AvgIpc) is 3.22. The van der Waals surface area contributed by atoms with E-state index in [4.69, 9.17) is 5.73 Å². The Kier molecular flexibility index (Phi) is 3.47. The molecule has 23 heavy (non-hydrogen) atoms. The van der Waals surface area contributed by atoms with Crippen molar-refractivity contribution in [2.75, 3.05) is 18.8 Å². The number of hydrogen-bond acceptors (Lipinski definition) is 6. The van der Waals surface area contributed by atoms with Crippen LogP contribution in [0.1, 0.15) is 36.8 Å². The maximum Gasteiger partial charge on any atom is 0.239 e. The third kappa shape index (κ3) is 2.66. The maximum absolute atomic E-state index is 12.7. The highest BCUT2D eigenvalue weighted by molar-refractivity contribution is 5.79. The van der Waals surface area contributed by atoms with E-state index in [1.807, 2.05) is 9.58 Å². The van der Waals surface area contributed by atoms with Gasteiger partial charge >= 0.3 is 0 Å². The van der Waals surface area contributed by atoms with Crippen LogP contribution in [0, 0.1) is 5.92 Å². The minimum atomic E-state index is 0.0154. The molecule has 9 nitrogen and oxygen atoms in total. The van der Waals surface area contributed by atoms with Gasteiger partial charge in [-0.1, -0.05) is 0 Å². The van der Waals surface area contributed by atoms with Gasteiger partial charge in [-0.25, -0.2) is 9.67 Å². The van der Waals surface area contributed by atoms with Crippen LogP contribution in [-0.4, -0.2) is 53.8 Å². The topological polar surface area (TPSA) is 119 Å². The molecule has 2 aromatic rings. The molecule has 4 heterocycles. The van der Waals surface area contributed by atoms with Crippen LogP contribution in [0.4, 0.5) is 5.95 Å². The van der Waals surface area contributed by atoms with E-state index in [-0.39, 0.29) is 17.8 Å². The molecule has 1 unspecified atom stereocenters. The summed E-state index contributed by atoms with van der Waals surface area (Å²) in [6, 6.07) is 0. The lowest BCUT2D eigenvalue weighted by Crippen LogP contribution is -2.43. The van der Waals surface area contributed by atoms with Gasteiger partial charge in [-0.2, -0.15) is 10.1 Å². The van der Waals surface area contributed by atoms with Gasteiger partial charge in [0.25, 0.3) is 0 Å². The van der Waals surface area contributed by atoms with Crippen LogP contribution in [-0.2, 0) is 17.8 Å². The molecule has 0 saturated carbocycles. The molecule has 0 aromatic carbocycles. The SMILES string of the molecule is Nc1n[nH]c(C2CCN(C(=O)C3CCc4ncnn4C3)CC2)n1. The van der Waals surface area contributed by atoms with E-state index in [2.05, 4.69) is 25.3 Å². The lowest BCUT2D eigenvalue weighted by Gasteiger charge is -2.34. The second kappa shape index (κ2) is 5.64. The number of hydrogen-bond donors (Lipinski definition) is 2. The van der Waals surface area contributed by atoms with Gasteiger partial charge < -0.3 is 10.6 Å². The number of nitrogen functional groups attached to an aromatic ring is 1. The summed E-state index contributed by atoms with van der Waals surface area (Å²) in [6.07, 6.45) is 5.03. The molecule has 2 aromatic heterocycles. The molecule has 0 radical (unpaired) electrons. The Morgan fingerprint density at radius 3 is 2.87 bits per heavy atom. The summed E-state index contributed by atoms with van der Waals surface area (Å²) < 4.78 is 1.86. The summed E-state index contributed by atoms with van der Waals surface area (Å²) in [6.45, 7) is 2.16. The lowest BCUT2D eigenvalue weighted by atomic mass is 9.93. The highest BCUT2D eigenvalue weighted by atomic mass is 16.2. The summed E-state index contributed by atoms with van der Waals surface area (Å²) in [5.74, 6) is 2.65. The van der Waals surface area contributed by atoms with Crippen LogP contribution in [0.25, 0.3) is 0 Å². The first-order valence-electron chi connectivity index (χ1n) is 8.04. The van der Waals surface area contributed by atoms with Crippen LogP contribution in [0.2, 0.25) is 0 Å². The standard InChI is InChI=1S/C14H20N8O/c15-14-18-12(19-20-14)9-3-5-21(6-4-9)13(23)10-1-2-11-16-8-17-22(11)7-10/h8-10H,1-7H2,(H3,15,18,19,20). The molecule has 0 aliphatic carbocycles. The number of amides is 1. The van der Waals surface area contributed by atoms with Crippen LogP contribution < -0.4 is 5.73 Å². The summed E-state index contributed by atoms with van der Waals surface area (Å²) in [7, 11) is 0. The van der Waals surface area contributed by atoms with Crippen molar-refractivity contribution in [2.45, 2.75) is 38.1 Å². The fourth-order valence-electron chi connectivity index (χ4n) is 3.54. The number of carbonyl (C=O) groups is 1. The summed E-state index contributed by atoms with van der Waals surface area (Å²) >= 11 is 0. The Balaban J connectivity index is 1.36. The van der Waals surface area contributed by atoms with Crippen LogP contribution in [0.5, 0.6) is 0 Å². The molecular formula is C14H20N8O. The molecule has 2 aliphatic heterocycles. The average molecular weight is 316 g/mol. The predicted molar refractivity (Wildman–Crippen MR) is 81.2 cm³/mol. The van der Waals surface area contributed by atoms with Gasteiger partial charge in [0.15, 0.2) is 0 Å². The molecule has 0 bridgehead atoms. The van der Waals surface area contributed by atoms with Gasteiger partial charge in [0.1, 0.15) is 18.0 Å². The van der Waals surface area contributed by atoms with Gasteiger partial charge in [0.05, 0.1) is 12.5 Å². The third-order valence-corrected chi connectivity index (χ3v) is 4.87. The van der Waals surface area contributed by atoms with Crippen LogP contribution >= 0.6 is 0 Å². The number of nitrogens with two attached hydrogens (primary N) is 1. The molecule has 1 saturated heterocycles. The number of H-pyrrole nitrogens is 1. The molecular weight excluding hydrogens is 296 g/mol. The molecule has 2 aliphatic rings. The number of nitrogens with one attached hydrogen (secondary N) is 1. The largest absolute Gasteiger partial charge is 0.367 e. The molecule has 9 heteroatoms. The number of anilines is 1. The number of aryl methyl sites for hydroxylation is 1. The van der Waals surface area contributed by atoms with Gasteiger partial charge in [0, 0.05) is 25.4 Å². The van der Waals surface area contributed by atoms with Gasteiger partial charge in [-0.3, -0.25) is 9.89 Å². The van der Waals surface area contributed by atoms with Crippen molar-refractivity contribution >= 4 is 11.9 Å². The molecule has 3 N–H and O–H groups in total. The molecule has 1 fully saturated rings. The highest BCUT2D eigenvalue weighted by Crippen LogP contribution is 2.28. The lowest BCUT2D eigenvalue weighted by molar-refractivity contribution is -0.137. The maximum atomic E-state index is 12.7. The first kappa shape index (κ1) is 14.2. The number of rotatable bonds is 2. The smallest absolute Gasteiger partial charge is 0.239 e. The predicted octanol–water partition coefficient (Wildman–Crippen LogP) is -0.0530. The van der Waals surface area contributed by atoms with E-state index in [0.717, 1.165) is 50.4 Å². The van der Waals surface area contributed by atoms with Crippen molar-refractivity contribution in [1.29, 1.82) is 0 Å². The number of aromatic nitrogens is 6. The van der Waals surface area contributed by atoms with E-state index in [0.29, 0.717) is 12.5 Å². The van der Waals surface area contributed by atoms with E-state index in [1.54, 1.807) is 6.33 Å². The van der Waals surface area contributed by atoms with E-state index >= 15 is 0 Å². The molecule has 122 valence electrons. The number of fused-ring (bicyclic) bond motifs is 1. The van der Waals surface area contributed by atoms with E-state index in [9.17, 15) is 4.79 Å². The number of piperidine rings is 1. The van der Waals surface area contributed by atoms with Crippen LogP contribution in [0.15, 0.2) is 6.33 Å². The first-order chi connectivity index (χ1) is 11.2. The zero-order valence-corrected chi connectivity index (χ0v) is 12.9. The Labute approximate surface area is 133 Å². The normalized spacial score (nSPS) is 22.1. The Hall–Kier alpha value is -2.45. The number of carbonyl (C=O) groups excluding carboxylic acids is 1. The number of aromatic amines is 1. The summed E-state index contributed by atoms with van der Waals surface area (Å²) in [5.41, 5.74) is 5.56. The Morgan fingerprint density at radius 1 is 1.30 bits per heavy atom. The van der Waals surface area contributed by atoms with E-state index < -0.39 is 0 Å². The summed E-state index contributed by atoms with van der Waals surface area (Å²) in [5, 5.41) is 11.0. The summed E-state index contributed by atoms with van der Waals surface area (Å²) in [4.78, 5) is 23.1. The third-order valence-electron chi connectivity index (χ3n) is 4.87. The quantitative estimate of drug-likeness (QED) is 0.801. The van der Waals surface area contributed by atoms with Crippen molar-refractivity contribution in [1.82, 2.24) is 34.8 Å². The molecule has 1 atom stereocenters. The zero-order valence-electron chi connectivity index (χ0n) is 12.9. The van der Waals surface area contributed by atoms with Crippen LogP contribution in [0.3, 0.4) is 0 Å². The Morgan fingerprint density at radius 2 is 2.13 bits per heavy atom. The minimum absolute atomic E-state index is 0.0154. The zero-order chi connectivity index (χ0) is 15.8. The Bertz CT molecular complexity index is 699. The molecule has 4 rings (SSSR count). The van der Waals surface area contributed by atoms with E-state index in [1.165, 1.54) is 0 Å². The second-order valence-corrected chi connectivity index (χ2v) is 6.27. The van der Waals surface area contributed by atoms with Gasteiger partial charge in [-0.15, -0.1) is 5.10 Å². The second-order valence-electron chi connectivity index (χ2n) is 6.27. The fourth-order valence-corrected chi connectivity index (χ4v) is 3.54. The number of nitrogens with zero attached hydrogens (tertiary/aromatic N) is 6. The fraction of sp³-hybridized carbons (Fsp3) is 0.643. The van der Waals surface area contributed by atoms with Crippen molar-refractivity contribution in [3.8, 4) is 0 Å². The van der Waals surface area contributed by atoms with Gasteiger partial charge in [-0.05, 0) is 19.3 Å². The highest BCUT2D eigenvalue weighted by Gasteiger charge is 2.32. The monoisotopic (exact) mass is 316 g/mol. The van der Waals surface area contributed by atoms with Crippen molar-refractivity contribution in [2.24, 2.45) is 5.92 Å². The number of likely N-dealkylation sites (tertiary alicyclic amines) is 1.